The van der Waals surface area contributed by atoms with Gasteiger partial charge in [0.15, 0.2) is 5.96 Å². The van der Waals surface area contributed by atoms with Crippen molar-refractivity contribution >= 4 is 11.9 Å². The van der Waals surface area contributed by atoms with Gasteiger partial charge in [-0.2, -0.15) is 0 Å². The first-order chi connectivity index (χ1) is 13.7. The average Bonchev–Trinajstić information content (AvgIpc) is 3.14. The highest BCUT2D eigenvalue weighted by atomic mass is 16.2. The van der Waals surface area contributed by atoms with E-state index in [-0.39, 0.29) is 0 Å². The molecule has 3 atom stereocenters. The molecule has 3 unspecified atom stereocenters. The second kappa shape index (κ2) is 9.47. The average molecular weight is 390 g/mol. The number of aliphatic imine (C=N–C) groups is 1. The molecule has 1 heterocycles. The maximum Gasteiger partial charge on any atom is 0.225 e. The molecular weight excluding hydrogens is 350 g/mol. The highest BCUT2D eigenvalue weighted by molar-refractivity contribution is 5.80. The summed E-state index contributed by atoms with van der Waals surface area (Å²) in [6, 6.07) is 0.589. The molecule has 0 aromatic heterocycles. The third kappa shape index (κ3) is 4.81. The fraction of sp³-hybridized carbons (Fsp3) is 0.909. The summed E-state index contributed by atoms with van der Waals surface area (Å²) in [5, 5.41) is 7.18. The molecule has 4 fully saturated rings. The minimum Gasteiger partial charge on any atom is -0.355 e. The maximum absolute atomic E-state index is 12.4. The van der Waals surface area contributed by atoms with Crippen LogP contribution in [-0.2, 0) is 4.79 Å². The van der Waals surface area contributed by atoms with Crippen LogP contribution in [0.5, 0.6) is 0 Å². The van der Waals surface area contributed by atoms with Crippen molar-refractivity contribution in [3.05, 3.63) is 0 Å². The van der Waals surface area contributed by atoms with Gasteiger partial charge in [0.25, 0.3) is 0 Å². The SMILES string of the molecule is CN=C(NCCN1CCN(C(=O)C2CCC2)CC1)NC1CCC2CCCC2C1. The van der Waals surface area contributed by atoms with Crippen molar-refractivity contribution in [2.24, 2.45) is 22.7 Å². The molecule has 4 rings (SSSR count). The van der Waals surface area contributed by atoms with Gasteiger partial charge < -0.3 is 15.5 Å². The van der Waals surface area contributed by atoms with Gasteiger partial charge in [-0.1, -0.05) is 25.7 Å². The highest BCUT2D eigenvalue weighted by Gasteiger charge is 2.34. The Bertz CT molecular complexity index is 553. The minimum atomic E-state index is 0.335. The summed E-state index contributed by atoms with van der Waals surface area (Å²) in [6.45, 7) is 5.71. The van der Waals surface area contributed by atoms with E-state index in [9.17, 15) is 4.79 Å². The topological polar surface area (TPSA) is 60.0 Å². The number of guanidine groups is 1. The number of amides is 1. The van der Waals surface area contributed by atoms with E-state index >= 15 is 0 Å². The Morgan fingerprint density at radius 1 is 0.964 bits per heavy atom. The molecule has 1 aliphatic heterocycles. The normalized spacial score (nSPS) is 32.0. The number of nitrogens with one attached hydrogen (secondary N) is 2. The third-order valence-electron chi connectivity index (χ3n) is 7.71. The van der Waals surface area contributed by atoms with Crippen molar-refractivity contribution in [2.45, 2.75) is 63.8 Å². The third-order valence-corrected chi connectivity index (χ3v) is 7.71. The standard InChI is InChI=1S/C22H39N5O/c1-23-22(25-20-9-8-17-4-2-7-19(17)16-20)24-10-11-26-12-14-27(15-13-26)21(28)18-5-3-6-18/h17-20H,2-16H2,1H3,(H2,23,24,25). The number of piperazine rings is 1. The van der Waals surface area contributed by atoms with E-state index in [0.717, 1.165) is 69.9 Å². The zero-order valence-corrected chi connectivity index (χ0v) is 17.7. The lowest BCUT2D eigenvalue weighted by atomic mass is 9.79. The molecule has 4 aliphatic rings. The lowest BCUT2D eigenvalue weighted by Crippen LogP contribution is -2.53. The number of carbonyl (C=O) groups excluding carboxylic acids is 1. The zero-order chi connectivity index (χ0) is 19.3. The van der Waals surface area contributed by atoms with E-state index in [1.165, 1.54) is 44.9 Å². The first-order valence-corrected chi connectivity index (χ1v) is 11.7. The maximum atomic E-state index is 12.4. The summed E-state index contributed by atoms with van der Waals surface area (Å²) in [4.78, 5) is 21.4. The quantitative estimate of drug-likeness (QED) is 0.558. The zero-order valence-electron chi connectivity index (χ0n) is 17.7. The largest absolute Gasteiger partial charge is 0.355 e. The Hall–Kier alpha value is -1.30. The summed E-state index contributed by atoms with van der Waals surface area (Å²) in [6.07, 6.45) is 11.8. The van der Waals surface area contributed by atoms with Gasteiger partial charge in [0.05, 0.1) is 0 Å². The molecule has 158 valence electrons. The van der Waals surface area contributed by atoms with E-state index in [0.29, 0.717) is 17.9 Å². The Kier molecular flexibility index (Phi) is 6.76. The molecule has 0 radical (unpaired) electrons. The van der Waals surface area contributed by atoms with E-state index in [4.69, 9.17) is 0 Å². The van der Waals surface area contributed by atoms with Gasteiger partial charge >= 0.3 is 0 Å². The molecule has 1 saturated heterocycles. The van der Waals surface area contributed by atoms with E-state index in [1.807, 2.05) is 7.05 Å². The Morgan fingerprint density at radius 2 is 1.71 bits per heavy atom. The van der Waals surface area contributed by atoms with Crippen molar-refractivity contribution in [2.75, 3.05) is 46.3 Å². The number of fused-ring (bicyclic) bond motifs is 1. The number of nitrogens with zero attached hydrogens (tertiary/aromatic N) is 3. The van der Waals surface area contributed by atoms with Crippen molar-refractivity contribution in [3.63, 3.8) is 0 Å². The number of carbonyl (C=O) groups is 1. The highest BCUT2D eigenvalue weighted by Crippen LogP contribution is 2.42. The molecule has 2 N–H and O–H groups in total. The van der Waals surface area contributed by atoms with Crippen LogP contribution < -0.4 is 10.6 Å². The molecule has 3 saturated carbocycles. The summed E-state index contributed by atoms with van der Waals surface area (Å²) in [7, 11) is 1.88. The van der Waals surface area contributed by atoms with Crippen LogP contribution in [0.2, 0.25) is 0 Å². The molecule has 3 aliphatic carbocycles. The van der Waals surface area contributed by atoms with E-state index in [1.54, 1.807) is 0 Å². The Labute approximate surface area is 170 Å². The van der Waals surface area contributed by atoms with Crippen molar-refractivity contribution < 1.29 is 4.79 Å². The monoisotopic (exact) mass is 389 g/mol. The van der Waals surface area contributed by atoms with E-state index in [2.05, 4.69) is 25.4 Å². The van der Waals surface area contributed by atoms with Gasteiger partial charge in [-0.05, 0) is 43.9 Å². The summed E-state index contributed by atoms with van der Waals surface area (Å²) in [5.74, 6) is 3.65. The van der Waals surface area contributed by atoms with Gasteiger partial charge in [0, 0.05) is 58.3 Å². The molecule has 6 heteroatoms. The van der Waals surface area contributed by atoms with Crippen LogP contribution >= 0.6 is 0 Å². The molecule has 6 nitrogen and oxygen atoms in total. The van der Waals surface area contributed by atoms with Crippen LogP contribution in [0.25, 0.3) is 0 Å². The van der Waals surface area contributed by atoms with Crippen LogP contribution in [0.3, 0.4) is 0 Å². The molecule has 1 amide bonds. The van der Waals surface area contributed by atoms with Crippen molar-refractivity contribution in [3.8, 4) is 0 Å². The summed E-state index contributed by atoms with van der Waals surface area (Å²) in [5.41, 5.74) is 0. The van der Waals surface area contributed by atoms with Gasteiger partial charge in [0.2, 0.25) is 5.91 Å². The van der Waals surface area contributed by atoms with Crippen LogP contribution in [0.4, 0.5) is 0 Å². The van der Waals surface area contributed by atoms with Gasteiger partial charge in [-0.15, -0.1) is 0 Å². The summed E-state index contributed by atoms with van der Waals surface area (Å²) >= 11 is 0. The van der Waals surface area contributed by atoms with Crippen LogP contribution in [0.1, 0.15) is 57.8 Å². The Balaban J connectivity index is 1.12. The number of hydrogen-bond donors (Lipinski definition) is 2. The lowest BCUT2D eigenvalue weighted by molar-refractivity contribution is -0.139. The second-order valence-corrected chi connectivity index (χ2v) is 9.40. The fourth-order valence-corrected chi connectivity index (χ4v) is 5.66. The second-order valence-electron chi connectivity index (χ2n) is 9.40. The van der Waals surface area contributed by atoms with Gasteiger partial charge in [-0.3, -0.25) is 14.7 Å². The first kappa shape index (κ1) is 20.0. The van der Waals surface area contributed by atoms with E-state index < -0.39 is 0 Å². The molecule has 0 bridgehead atoms. The van der Waals surface area contributed by atoms with Crippen molar-refractivity contribution in [1.29, 1.82) is 0 Å². The predicted octanol–water partition coefficient (Wildman–Crippen LogP) is 2.06. The first-order valence-electron chi connectivity index (χ1n) is 11.7. The predicted molar refractivity (Wildman–Crippen MR) is 113 cm³/mol. The molecule has 0 aromatic rings. The van der Waals surface area contributed by atoms with Crippen LogP contribution in [-0.4, -0.2) is 74.0 Å². The summed E-state index contributed by atoms with van der Waals surface area (Å²) < 4.78 is 0. The van der Waals surface area contributed by atoms with Gasteiger partial charge in [0.1, 0.15) is 0 Å². The number of rotatable bonds is 5. The van der Waals surface area contributed by atoms with Crippen LogP contribution in [0, 0.1) is 17.8 Å². The smallest absolute Gasteiger partial charge is 0.225 e. The minimum absolute atomic E-state index is 0.335. The molecule has 0 spiro atoms. The van der Waals surface area contributed by atoms with Crippen molar-refractivity contribution in [1.82, 2.24) is 20.4 Å². The molecular formula is C22H39N5O. The Morgan fingerprint density at radius 3 is 2.43 bits per heavy atom. The van der Waals surface area contributed by atoms with Crippen LogP contribution in [0.15, 0.2) is 4.99 Å². The molecule has 28 heavy (non-hydrogen) atoms. The fourth-order valence-electron chi connectivity index (χ4n) is 5.66. The lowest BCUT2D eigenvalue weighted by Gasteiger charge is -2.38. The molecule has 0 aromatic carbocycles. The number of hydrogen-bond acceptors (Lipinski definition) is 3. The van der Waals surface area contributed by atoms with Gasteiger partial charge in [-0.25, -0.2) is 0 Å².